The fraction of sp³-hybridized carbons (Fsp3) is 0.500. The smallest absolute Gasteiger partial charge is 0.225 e. The molecule has 0 fully saturated rings. The largest absolute Gasteiger partial charge is 0.492 e. The summed E-state index contributed by atoms with van der Waals surface area (Å²) in [7, 11) is 0. The molecule has 0 radical (unpaired) electrons. The van der Waals surface area contributed by atoms with Crippen molar-refractivity contribution >= 4 is 11.6 Å². The minimum Gasteiger partial charge on any atom is -0.492 e. The Balaban J connectivity index is 2.25. The van der Waals surface area contributed by atoms with Crippen LogP contribution in [-0.4, -0.2) is 25.2 Å². The molecule has 1 unspecified atom stereocenters. The van der Waals surface area contributed by atoms with Gasteiger partial charge in [-0.1, -0.05) is 0 Å². The summed E-state index contributed by atoms with van der Waals surface area (Å²) in [6.45, 7) is 4.81. The van der Waals surface area contributed by atoms with E-state index in [0.29, 0.717) is 31.0 Å². The molecule has 0 saturated carbocycles. The number of fused-ring (bicyclic) bond motifs is 1. The Hall–Kier alpha value is -1.75. The van der Waals surface area contributed by atoms with Gasteiger partial charge in [0, 0.05) is 31.0 Å². The summed E-state index contributed by atoms with van der Waals surface area (Å²) in [5.41, 5.74) is 7.14. The van der Waals surface area contributed by atoms with Crippen LogP contribution in [0.4, 0.5) is 5.69 Å². The molecular formula is C14H20N2O3. The van der Waals surface area contributed by atoms with Crippen LogP contribution in [0.2, 0.25) is 0 Å². The van der Waals surface area contributed by atoms with Crippen LogP contribution in [0.5, 0.6) is 11.5 Å². The Labute approximate surface area is 113 Å². The number of anilines is 1. The molecule has 5 nitrogen and oxygen atoms in total. The lowest BCUT2D eigenvalue weighted by Crippen LogP contribution is -2.16. The number of hydrogen-bond acceptors (Lipinski definition) is 4. The van der Waals surface area contributed by atoms with Crippen LogP contribution in [0, 0.1) is 0 Å². The second-order valence-electron chi connectivity index (χ2n) is 4.61. The van der Waals surface area contributed by atoms with Gasteiger partial charge < -0.3 is 20.5 Å². The molecule has 104 valence electrons. The SMILES string of the molecule is CCOc1cc2c(cc1NC(=O)CCN)OC(C)C2. The van der Waals surface area contributed by atoms with Crippen molar-refractivity contribution < 1.29 is 14.3 Å². The summed E-state index contributed by atoms with van der Waals surface area (Å²) in [5, 5.41) is 2.82. The van der Waals surface area contributed by atoms with E-state index >= 15 is 0 Å². The molecule has 0 saturated heterocycles. The third kappa shape index (κ3) is 3.17. The van der Waals surface area contributed by atoms with Crippen molar-refractivity contribution in [3.8, 4) is 11.5 Å². The van der Waals surface area contributed by atoms with E-state index in [0.717, 1.165) is 17.7 Å². The van der Waals surface area contributed by atoms with E-state index in [9.17, 15) is 4.79 Å². The van der Waals surface area contributed by atoms with Gasteiger partial charge in [0.25, 0.3) is 0 Å². The minimum absolute atomic E-state index is 0.116. The monoisotopic (exact) mass is 264 g/mol. The molecule has 1 atom stereocenters. The second-order valence-corrected chi connectivity index (χ2v) is 4.61. The van der Waals surface area contributed by atoms with Gasteiger partial charge in [-0.25, -0.2) is 0 Å². The van der Waals surface area contributed by atoms with Gasteiger partial charge >= 0.3 is 0 Å². The minimum atomic E-state index is -0.116. The zero-order chi connectivity index (χ0) is 13.8. The highest BCUT2D eigenvalue weighted by molar-refractivity contribution is 5.92. The van der Waals surface area contributed by atoms with Crippen molar-refractivity contribution in [3.05, 3.63) is 17.7 Å². The van der Waals surface area contributed by atoms with Crippen LogP contribution in [0.3, 0.4) is 0 Å². The van der Waals surface area contributed by atoms with Crippen molar-refractivity contribution in [1.82, 2.24) is 0 Å². The van der Waals surface area contributed by atoms with E-state index in [1.54, 1.807) is 0 Å². The number of nitrogens with two attached hydrogens (primary N) is 1. The van der Waals surface area contributed by atoms with Gasteiger partial charge in [-0.15, -0.1) is 0 Å². The number of nitrogens with one attached hydrogen (secondary N) is 1. The Bertz CT molecular complexity index is 474. The van der Waals surface area contributed by atoms with E-state index < -0.39 is 0 Å². The van der Waals surface area contributed by atoms with Crippen LogP contribution in [0.15, 0.2) is 12.1 Å². The number of hydrogen-bond donors (Lipinski definition) is 2. The molecule has 3 N–H and O–H groups in total. The van der Waals surface area contributed by atoms with Gasteiger partial charge in [0.1, 0.15) is 17.6 Å². The lowest BCUT2D eigenvalue weighted by molar-refractivity contribution is -0.116. The normalized spacial score (nSPS) is 16.7. The van der Waals surface area contributed by atoms with E-state index in [2.05, 4.69) is 5.32 Å². The molecule has 0 aromatic heterocycles. The molecule has 2 rings (SSSR count). The number of amides is 1. The van der Waals surface area contributed by atoms with Crippen LogP contribution >= 0.6 is 0 Å². The number of ether oxygens (including phenoxy) is 2. The first kappa shape index (κ1) is 13.7. The third-order valence-corrected chi connectivity index (χ3v) is 2.94. The van der Waals surface area contributed by atoms with Gasteiger partial charge in [0.05, 0.1) is 12.3 Å². The average Bonchev–Trinajstić information content (AvgIpc) is 2.69. The summed E-state index contributed by atoms with van der Waals surface area (Å²) in [6.07, 6.45) is 1.33. The Morgan fingerprint density at radius 2 is 2.37 bits per heavy atom. The lowest BCUT2D eigenvalue weighted by atomic mass is 10.1. The maximum absolute atomic E-state index is 11.6. The maximum atomic E-state index is 11.6. The van der Waals surface area contributed by atoms with E-state index in [4.69, 9.17) is 15.2 Å². The molecule has 1 heterocycles. The Morgan fingerprint density at radius 1 is 1.58 bits per heavy atom. The predicted molar refractivity (Wildman–Crippen MR) is 73.7 cm³/mol. The summed E-state index contributed by atoms with van der Waals surface area (Å²) in [6, 6.07) is 3.78. The summed E-state index contributed by atoms with van der Waals surface area (Å²) >= 11 is 0. The Kier molecular flexibility index (Phi) is 4.27. The average molecular weight is 264 g/mol. The molecule has 0 spiro atoms. The summed E-state index contributed by atoms with van der Waals surface area (Å²) < 4.78 is 11.3. The topological polar surface area (TPSA) is 73.6 Å². The van der Waals surface area contributed by atoms with Crippen LogP contribution < -0.4 is 20.5 Å². The second kappa shape index (κ2) is 5.93. The van der Waals surface area contributed by atoms with Crippen molar-refractivity contribution in [1.29, 1.82) is 0 Å². The van der Waals surface area contributed by atoms with Gasteiger partial charge in [0.2, 0.25) is 5.91 Å². The molecular weight excluding hydrogens is 244 g/mol. The molecule has 1 aliphatic rings. The first-order chi connectivity index (χ1) is 9.13. The zero-order valence-corrected chi connectivity index (χ0v) is 11.4. The van der Waals surface area contributed by atoms with Crippen molar-refractivity contribution in [2.24, 2.45) is 5.73 Å². The van der Waals surface area contributed by atoms with Gasteiger partial charge in [-0.2, -0.15) is 0 Å². The third-order valence-electron chi connectivity index (χ3n) is 2.94. The quantitative estimate of drug-likeness (QED) is 0.849. The highest BCUT2D eigenvalue weighted by Gasteiger charge is 2.22. The molecule has 19 heavy (non-hydrogen) atoms. The Morgan fingerprint density at radius 3 is 3.05 bits per heavy atom. The molecule has 0 aliphatic carbocycles. The van der Waals surface area contributed by atoms with Gasteiger partial charge in [0.15, 0.2) is 0 Å². The van der Waals surface area contributed by atoms with E-state index in [-0.39, 0.29) is 12.0 Å². The van der Waals surface area contributed by atoms with E-state index in [1.807, 2.05) is 26.0 Å². The van der Waals surface area contributed by atoms with Crippen molar-refractivity contribution in [3.63, 3.8) is 0 Å². The van der Waals surface area contributed by atoms with Gasteiger partial charge in [-0.05, 0) is 19.9 Å². The molecule has 5 heteroatoms. The number of benzene rings is 1. The summed E-state index contributed by atoms with van der Waals surface area (Å²) in [5.74, 6) is 1.39. The first-order valence-corrected chi connectivity index (χ1v) is 6.60. The van der Waals surface area contributed by atoms with Crippen molar-refractivity contribution in [2.45, 2.75) is 32.8 Å². The van der Waals surface area contributed by atoms with Crippen molar-refractivity contribution in [2.75, 3.05) is 18.5 Å². The number of carbonyl (C=O) groups excluding carboxylic acids is 1. The first-order valence-electron chi connectivity index (χ1n) is 6.60. The number of carbonyl (C=O) groups is 1. The predicted octanol–water partition coefficient (Wildman–Crippen LogP) is 1.70. The molecule has 1 aromatic rings. The highest BCUT2D eigenvalue weighted by atomic mass is 16.5. The van der Waals surface area contributed by atoms with E-state index in [1.165, 1.54) is 0 Å². The highest BCUT2D eigenvalue weighted by Crippen LogP contribution is 2.38. The molecule has 1 aliphatic heterocycles. The van der Waals surface area contributed by atoms with Crippen LogP contribution in [0.1, 0.15) is 25.8 Å². The standard InChI is InChI=1S/C14H20N2O3/c1-3-18-13-7-10-6-9(2)19-12(10)8-11(13)16-14(17)4-5-15/h7-9H,3-6,15H2,1-2H3,(H,16,17). The fourth-order valence-electron chi connectivity index (χ4n) is 2.16. The summed E-state index contributed by atoms with van der Waals surface area (Å²) in [4.78, 5) is 11.6. The van der Waals surface area contributed by atoms with Gasteiger partial charge in [-0.3, -0.25) is 4.79 Å². The van der Waals surface area contributed by atoms with Crippen LogP contribution in [0.25, 0.3) is 0 Å². The maximum Gasteiger partial charge on any atom is 0.225 e. The molecule has 1 amide bonds. The molecule has 0 bridgehead atoms. The molecule has 1 aromatic carbocycles. The fourth-order valence-corrected chi connectivity index (χ4v) is 2.16. The lowest BCUT2D eigenvalue weighted by Gasteiger charge is -2.13. The van der Waals surface area contributed by atoms with Crippen LogP contribution in [-0.2, 0) is 11.2 Å². The number of rotatable bonds is 5. The zero-order valence-electron chi connectivity index (χ0n) is 11.4.